The van der Waals surface area contributed by atoms with Crippen molar-refractivity contribution in [2.45, 2.75) is 37.1 Å². The molecule has 1 aromatic carbocycles. The summed E-state index contributed by atoms with van der Waals surface area (Å²) in [6, 6.07) is 6.25. The molecule has 2 rings (SSSR count). The molecule has 1 atom stereocenters. The Morgan fingerprint density at radius 2 is 2.26 bits per heavy atom. The number of hydrogen-bond donors (Lipinski definition) is 0. The SMILES string of the molecule is CCC1CCCN1S(=O)(=O)c1ccc(C#N)c(Cl)c1. The average molecular weight is 299 g/mol. The van der Waals surface area contributed by atoms with E-state index in [0.29, 0.717) is 6.54 Å². The van der Waals surface area contributed by atoms with E-state index in [-0.39, 0.29) is 21.5 Å². The fourth-order valence-electron chi connectivity index (χ4n) is 2.42. The van der Waals surface area contributed by atoms with E-state index < -0.39 is 10.0 Å². The van der Waals surface area contributed by atoms with Gasteiger partial charge in [-0.25, -0.2) is 8.42 Å². The maximum absolute atomic E-state index is 12.5. The fraction of sp³-hybridized carbons (Fsp3) is 0.462. The Labute approximate surface area is 118 Å². The molecule has 1 aromatic rings. The van der Waals surface area contributed by atoms with Gasteiger partial charge in [0.25, 0.3) is 0 Å². The predicted octanol–water partition coefficient (Wildman–Crippen LogP) is 2.77. The zero-order valence-corrected chi connectivity index (χ0v) is 12.2. The van der Waals surface area contributed by atoms with Crippen LogP contribution in [-0.4, -0.2) is 25.3 Å². The molecule has 0 spiro atoms. The molecular weight excluding hydrogens is 284 g/mol. The average Bonchev–Trinajstić information content (AvgIpc) is 2.87. The molecule has 1 aliphatic heterocycles. The molecule has 4 nitrogen and oxygen atoms in total. The summed E-state index contributed by atoms with van der Waals surface area (Å²) in [5, 5.41) is 8.99. The van der Waals surface area contributed by atoms with Crippen LogP contribution in [0.2, 0.25) is 5.02 Å². The highest BCUT2D eigenvalue weighted by Crippen LogP contribution is 2.29. The lowest BCUT2D eigenvalue weighted by atomic mass is 10.2. The smallest absolute Gasteiger partial charge is 0.207 e. The maximum Gasteiger partial charge on any atom is 0.243 e. The Balaban J connectivity index is 2.40. The van der Waals surface area contributed by atoms with Crippen molar-refractivity contribution in [2.75, 3.05) is 6.54 Å². The molecule has 0 amide bonds. The van der Waals surface area contributed by atoms with Crippen molar-refractivity contribution in [3.63, 3.8) is 0 Å². The predicted molar refractivity (Wildman–Crippen MR) is 73.4 cm³/mol. The molecule has 1 heterocycles. The van der Waals surface area contributed by atoms with E-state index in [1.807, 2.05) is 13.0 Å². The number of halogens is 1. The molecule has 102 valence electrons. The first-order valence-electron chi connectivity index (χ1n) is 6.22. The highest BCUT2D eigenvalue weighted by Gasteiger charge is 2.34. The van der Waals surface area contributed by atoms with Gasteiger partial charge in [0.1, 0.15) is 6.07 Å². The second-order valence-electron chi connectivity index (χ2n) is 4.57. The summed E-state index contributed by atoms with van der Waals surface area (Å²) in [4.78, 5) is 0.164. The van der Waals surface area contributed by atoms with Crippen molar-refractivity contribution in [3.8, 4) is 6.07 Å². The van der Waals surface area contributed by atoms with Crippen molar-refractivity contribution < 1.29 is 8.42 Å². The highest BCUT2D eigenvalue weighted by molar-refractivity contribution is 7.89. The number of sulfonamides is 1. The Morgan fingerprint density at radius 1 is 1.53 bits per heavy atom. The Bertz CT molecular complexity index is 622. The largest absolute Gasteiger partial charge is 0.243 e. The number of rotatable bonds is 3. The zero-order chi connectivity index (χ0) is 14.0. The standard InChI is InChI=1S/C13H15ClN2O2S/c1-2-11-4-3-7-16(11)19(17,18)12-6-5-10(9-15)13(14)8-12/h5-6,8,11H,2-4,7H2,1H3. The first kappa shape index (κ1) is 14.3. The van der Waals surface area contributed by atoms with Crippen LogP contribution >= 0.6 is 11.6 Å². The van der Waals surface area contributed by atoms with Gasteiger partial charge in [-0.05, 0) is 37.5 Å². The van der Waals surface area contributed by atoms with Gasteiger partial charge >= 0.3 is 0 Å². The number of benzene rings is 1. The third kappa shape index (κ3) is 2.62. The summed E-state index contributed by atoms with van der Waals surface area (Å²) in [6.45, 7) is 2.54. The Kier molecular flexibility index (Phi) is 4.14. The first-order valence-corrected chi connectivity index (χ1v) is 8.04. The van der Waals surface area contributed by atoms with Crippen LogP contribution in [0, 0.1) is 11.3 Å². The third-order valence-corrected chi connectivity index (χ3v) is 5.72. The van der Waals surface area contributed by atoms with Gasteiger partial charge in [-0.3, -0.25) is 0 Å². The molecule has 0 aliphatic carbocycles. The van der Waals surface area contributed by atoms with Gasteiger partial charge in [-0.15, -0.1) is 0 Å². The van der Waals surface area contributed by atoms with Crippen molar-refractivity contribution in [1.29, 1.82) is 5.26 Å². The minimum atomic E-state index is -3.51. The molecule has 1 aliphatic rings. The monoisotopic (exact) mass is 298 g/mol. The lowest BCUT2D eigenvalue weighted by molar-refractivity contribution is 0.379. The minimum Gasteiger partial charge on any atom is -0.207 e. The number of hydrogen-bond acceptors (Lipinski definition) is 3. The van der Waals surface area contributed by atoms with Crippen LogP contribution in [0.4, 0.5) is 0 Å². The summed E-state index contributed by atoms with van der Waals surface area (Å²) in [6.07, 6.45) is 2.60. The van der Waals surface area contributed by atoms with Gasteiger partial charge in [-0.1, -0.05) is 18.5 Å². The van der Waals surface area contributed by atoms with Gasteiger partial charge in [0.05, 0.1) is 15.5 Å². The fourth-order valence-corrected chi connectivity index (χ4v) is 4.50. The van der Waals surface area contributed by atoms with Crippen LogP contribution in [0.25, 0.3) is 0 Å². The summed E-state index contributed by atoms with van der Waals surface area (Å²) in [5.74, 6) is 0. The zero-order valence-electron chi connectivity index (χ0n) is 10.6. The Hall–Kier alpha value is -1.09. The minimum absolute atomic E-state index is 0.0689. The topological polar surface area (TPSA) is 61.2 Å². The van der Waals surface area contributed by atoms with Crippen LogP contribution < -0.4 is 0 Å². The van der Waals surface area contributed by atoms with E-state index in [1.165, 1.54) is 18.2 Å². The molecule has 19 heavy (non-hydrogen) atoms. The van der Waals surface area contributed by atoms with Crippen molar-refractivity contribution in [2.24, 2.45) is 0 Å². The molecule has 0 aromatic heterocycles. The van der Waals surface area contributed by atoms with E-state index in [1.54, 1.807) is 4.31 Å². The van der Waals surface area contributed by atoms with Gasteiger partial charge in [-0.2, -0.15) is 9.57 Å². The molecule has 0 N–H and O–H groups in total. The van der Waals surface area contributed by atoms with E-state index >= 15 is 0 Å². The van der Waals surface area contributed by atoms with E-state index in [2.05, 4.69) is 0 Å². The second-order valence-corrected chi connectivity index (χ2v) is 6.87. The second kappa shape index (κ2) is 5.49. The summed E-state index contributed by atoms with van der Waals surface area (Å²) in [5.41, 5.74) is 0.286. The third-order valence-electron chi connectivity index (χ3n) is 3.46. The molecule has 6 heteroatoms. The van der Waals surface area contributed by atoms with Crippen LogP contribution in [0.5, 0.6) is 0 Å². The maximum atomic E-state index is 12.5. The molecule has 1 saturated heterocycles. The van der Waals surface area contributed by atoms with E-state index in [0.717, 1.165) is 19.3 Å². The quantitative estimate of drug-likeness (QED) is 0.862. The summed E-state index contributed by atoms with van der Waals surface area (Å²) in [7, 11) is -3.51. The molecule has 0 saturated carbocycles. The van der Waals surface area contributed by atoms with Crippen LogP contribution in [0.1, 0.15) is 31.7 Å². The highest BCUT2D eigenvalue weighted by atomic mass is 35.5. The van der Waals surface area contributed by atoms with Crippen LogP contribution in [0.3, 0.4) is 0 Å². The van der Waals surface area contributed by atoms with Gasteiger partial charge in [0.2, 0.25) is 10.0 Å². The summed E-state index contributed by atoms with van der Waals surface area (Å²) < 4.78 is 26.6. The first-order chi connectivity index (χ1) is 9.00. The Morgan fingerprint density at radius 3 is 2.84 bits per heavy atom. The lowest BCUT2D eigenvalue weighted by Gasteiger charge is -2.23. The lowest BCUT2D eigenvalue weighted by Crippen LogP contribution is -2.35. The molecule has 1 fully saturated rings. The van der Waals surface area contributed by atoms with Crippen molar-refractivity contribution in [3.05, 3.63) is 28.8 Å². The van der Waals surface area contributed by atoms with Gasteiger partial charge < -0.3 is 0 Å². The number of nitrogens with zero attached hydrogens (tertiary/aromatic N) is 2. The normalized spacial score (nSPS) is 20.4. The van der Waals surface area contributed by atoms with Crippen LogP contribution in [-0.2, 0) is 10.0 Å². The van der Waals surface area contributed by atoms with E-state index in [9.17, 15) is 8.42 Å². The summed E-state index contributed by atoms with van der Waals surface area (Å²) >= 11 is 5.91. The van der Waals surface area contributed by atoms with Crippen molar-refractivity contribution in [1.82, 2.24) is 4.31 Å². The van der Waals surface area contributed by atoms with Gasteiger partial charge in [0.15, 0.2) is 0 Å². The molecule has 0 bridgehead atoms. The van der Waals surface area contributed by atoms with Crippen LogP contribution in [0.15, 0.2) is 23.1 Å². The molecule has 0 radical (unpaired) electrons. The molecular formula is C13H15ClN2O2S. The number of nitriles is 1. The van der Waals surface area contributed by atoms with E-state index in [4.69, 9.17) is 16.9 Å². The van der Waals surface area contributed by atoms with Crippen molar-refractivity contribution >= 4 is 21.6 Å². The molecule has 1 unspecified atom stereocenters. The van der Waals surface area contributed by atoms with Gasteiger partial charge in [0, 0.05) is 12.6 Å².